The summed E-state index contributed by atoms with van der Waals surface area (Å²) in [6.45, 7) is -0.148. The van der Waals surface area contributed by atoms with Crippen molar-refractivity contribution < 1.29 is 79.6 Å². The predicted octanol–water partition coefficient (Wildman–Crippen LogP) is -2.59. The molecule has 2 amide bonds. The number of hydrogen-bond acceptors (Lipinski definition) is 4. The molecule has 0 saturated heterocycles. The molecule has 0 atom stereocenters. The first kappa shape index (κ1) is 22.5. The molecular weight excluding hydrogens is 361 g/mol. The molecule has 0 aromatic heterocycles. The molecule has 25 heavy (non-hydrogen) atoms. The third-order valence-corrected chi connectivity index (χ3v) is 4.11. The van der Waals surface area contributed by atoms with E-state index >= 15 is 0 Å². The molecule has 1 aromatic carbocycles. The fraction of sp³-hybridized carbons (Fsp3) is 0.500. The molecule has 0 unspecified atom stereocenters. The number of carboxylic acids is 1. The third kappa shape index (κ3) is 6.26. The van der Waals surface area contributed by atoms with E-state index in [0.29, 0.717) is 18.4 Å². The van der Waals surface area contributed by atoms with Crippen LogP contribution in [0.3, 0.4) is 0 Å². The molecule has 6 nitrogen and oxygen atoms in total. The topological polar surface area (TPSA) is 81.7 Å². The van der Waals surface area contributed by atoms with Crippen LogP contribution in [0.5, 0.6) is 0 Å². The number of benzene rings is 1. The van der Waals surface area contributed by atoms with Crippen molar-refractivity contribution in [3.8, 4) is 0 Å². The second-order valence-corrected chi connectivity index (χ2v) is 5.85. The number of amides is 2. The molecule has 0 spiro atoms. The number of carboxylic acid groups (broad SMARTS) is 1. The Bertz CT molecular complexity index is 626. The second-order valence-electron chi connectivity index (χ2n) is 5.85. The molecule has 1 aromatic rings. The summed E-state index contributed by atoms with van der Waals surface area (Å²) in [5.74, 6) is -2.68. The average Bonchev–Trinajstić information content (AvgIpc) is 3.29. The van der Waals surface area contributed by atoms with Gasteiger partial charge in [-0.05, 0) is 24.5 Å². The first-order valence-electron chi connectivity index (χ1n) is 7.55. The number of ether oxygens (including phenoxy) is 1. The summed E-state index contributed by atoms with van der Waals surface area (Å²) < 4.78 is 31.8. The Kier molecular flexibility index (Phi) is 8.92. The van der Waals surface area contributed by atoms with Gasteiger partial charge in [0.25, 0.3) is 0 Å². The maximum Gasteiger partial charge on any atom is 1.00 e. The zero-order valence-corrected chi connectivity index (χ0v) is 17.4. The minimum atomic E-state index is -1.38. The zero-order valence-electron chi connectivity index (χ0n) is 14.3. The number of carbonyl (C=O) groups is 2. The molecule has 1 N–H and O–H groups in total. The monoisotopic (exact) mass is 380 g/mol. The standard InChI is InChI=1S/C16H20F2N2O4.K/c1-24-7-6-20(9-14(21)22)15(23)19-10-16(4-5-16)12-3-2-11(17)8-13(12)18;/h2-3,8H,4-7,9-10H2,1H3,(H,19,23)(H,21,22);/q;+1/p-1. The Morgan fingerprint density at radius 1 is 1.36 bits per heavy atom. The number of hydrogen-bond donors (Lipinski definition) is 1. The van der Waals surface area contributed by atoms with Gasteiger partial charge in [0.2, 0.25) is 0 Å². The Hall–Kier alpha value is -0.584. The number of carbonyl (C=O) groups excluding carboxylic acids is 2. The van der Waals surface area contributed by atoms with Crippen LogP contribution in [0.1, 0.15) is 18.4 Å². The molecule has 0 aliphatic heterocycles. The van der Waals surface area contributed by atoms with Gasteiger partial charge < -0.3 is 24.9 Å². The van der Waals surface area contributed by atoms with Gasteiger partial charge in [-0.2, -0.15) is 0 Å². The van der Waals surface area contributed by atoms with Crippen molar-refractivity contribution >= 4 is 12.0 Å². The van der Waals surface area contributed by atoms with Crippen LogP contribution < -0.4 is 61.8 Å². The molecule has 2 rings (SSSR count). The summed E-state index contributed by atoms with van der Waals surface area (Å²) in [5.41, 5.74) is -0.213. The van der Waals surface area contributed by atoms with Crippen molar-refractivity contribution in [3.63, 3.8) is 0 Å². The van der Waals surface area contributed by atoms with Gasteiger partial charge in [0.05, 0.1) is 19.1 Å². The SMILES string of the molecule is COCCN(CC(=O)[O-])C(=O)NCC1(c2ccc(F)cc2F)CC1.[K+]. The molecule has 1 saturated carbocycles. The smallest absolute Gasteiger partial charge is 0.548 e. The van der Waals surface area contributed by atoms with Crippen molar-refractivity contribution in [2.24, 2.45) is 0 Å². The maximum absolute atomic E-state index is 13.9. The number of urea groups is 1. The normalized spacial score (nSPS) is 14.4. The molecule has 1 fully saturated rings. The van der Waals surface area contributed by atoms with Crippen molar-refractivity contribution in [1.82, 2.24) is 10.2 Å². The largest absolute Gasteiger partial charge is 1.00 e. The van der Waals surface area contributed by atoms with Gasteiger partial charge in [-0.15, -0.1) is 0 Å². The van der Waals surface area contributed by atoms with Gasteiger partial charge in [0.15, 0.2) is 0 Å². The minimum absolute atomic E-state index is 0. The molecule has 132 valence electrons. The molecule has 1 aliphatic rings. The van der Waals surface area contributed by atoms with Gasteiger partial charge >= 0.3 is 57.4 Å². The van der Waals surface area contributed by atoms with E-state index in [1.54, 1.807) is 0 Å². The first-order valence-corrected chi connectivity index (χ1v) is 7.55. The van der Waals surface area contributed by atoms with Crippen molar-refractivity contribution in [2.75, 3.05) is 33.4 Å². The Morgan fingerprint density at radius 2 is 2.04 bits per heavy atom. The number of nitrogens with one attached hydrogen (secondary N) is 1. The maximum atomic E-state index is 13.9. The summed E-state index contributed by atoms with van der Waals surface area (Å²) in [4.78, 5) is 23.9. The number of halogens is 2. The van der Waals surface area contributed by atoms with E-state index in [-0.39, 0.29) is 71.1 Å². The number of methoxy groups -OCH3 is 1. The molecule has 9 heteroatoms. The van der Waals surface area contributed by atoms with E-state index in [1.165, 1.54) is 19.2 Å². The van der Waals surface area contributed by atoms with Crippen LogP contribution in [0.4, 0.5) is 13.6 Å². The van der Waals surface area contributed by atoms with Gasteiger partial charge in [-0.3, -0.25) is 0 Å². The van der Waals surface area contributed by atoms with E-state index in [0.717, 1.165) is 11.0 Å². The van der Waals surface area contributed by atoms with Crippen LogP contribution in [-0.2, 0) is 14.9 Å². The van der Waals surface area contributed by atoms with Crippen molar-refractivity contribution in [1.29, 1.82) is 0 Å². The number of rotatable bonds is 8. The summed E-state index contributed by atoms with van der Waals surface area (Å²) in [6, 6.07) is 2.79. The van der Waals surface area contributed by atoms with Crippen LogP contribution in [0.2, 0.25) is 0 Å². The molecule has 0 radical (unpaired) electrons. The fourth-order valence-electron chi connectivity index (χ4n) is 2.58. The first-order chi connectivity index (χ1) is 11.4. The summed E-state index contributed by atoms with van der Waals surface area (Å²) in [6.07, 6.45) is 1.32. The minimum Gasteiger partial charge on any atom is -0.548 e. The van der Waals surface area contributed by atoms with E-state index in [9.17, 15) is 23.5 Å². The van der Waals surface area contributed by atoms with Gasteiger partial charge in [-0.25, -0.2) is 13.6 Å². The number of nitrogens with zero attached hydrogens (tertiary/aromatic N) is 1. The van der Waals surface area contributed by atoms with Crippen molar-refractivity contribution in [2.45, 2.75) is 18.3 Å². The molecule has 1 aliphatic carbocycles. The van der Waals surface area contributed by atoms with Gasteiger partial charge in [0.1, 0.15) is 11.6 Å². The van der Waals surface area contributed by atoms with Crippen LogP contribution in [0, 0.1) is 11.6 Å². The van der Waals surface area contributed by atoms with Crippen LogP contribution in [0.15, 0.2) is 18.2 Å². The van der Waals surface area contributed by atoms with E-state index < -0.39 is 35.6 Å². The summed E-state index contributed by atoms with van der Waals surface area (Å²) in [5, 5.41) is 13.4. The Balaban J connectivity index is 0.00000312. The van der Waals surface area contributed by atoms with Crippen LogP contribution in [0.25, 0.3) is 0 Å². The van der Waals surface area contributed by atoms with Gasteiger partial charge in [-0.1, -0.05) is 6.07 Å². The predicted molar refractivity (Wildman–Crippen MR) is 79.1 cm³/mol. The Labute approximate surface area is 187 Å². The molecule has 0 heterocycles. The van der Waals surface area contributed by atoms with E-state index in [1.807, 2.05) is 0 Å². The summed E-state index contributed by atoms with van der Waals surface area (Å²) >= 11 is 0. The summed E-state index contributed by atoms with van der Waals surface area (Å²) in [7, 11) is 1.44. The second kappa shape index (κ2) is 9.93. The van der Waals surface area contributed by atoms with E-state index in [2.05, 4.69) is 5.32 Å². The van der Waals surface area contributed by atoms with Crippen molar-refractivity contribution in [3.05, 3.63) is 35.4 Å². The van der Waals surface area contributed by atoms with Gasteiger partial charge in [0, 0.05) is 31.7 Å². The van der Waals surface area contributed by atoms with Crippen LogP contribution in [-0.4, -0.2) is 50.3 Å². The fourth-order valence-corrected chi connectivity index (χ4v) is 2.58. The quantitative estimate of drug-likeness (QED) is 0.502. The third-order valence-electron chi connectivity index (χ3n) is 4.11. The molecule has 0 bridgehead atoms. The van der Waals surface area contributed by atoms with Crippen LogP contribution >= 0.6 is 0 Å². The Morgan fingerprint density at radius 3 is 2.56 bits per heavy atom. The van der Waals surface area contributed by atoms with E-state index in [4.69, 9.17) is 4.74 Å². The molecular formula is C16H19F2KN2O4. The number of aliphatic carboxylic acids is 1. The zero-order chi connectivity index (χ0) is 17.7. The average molecular weight is 380 g/mol.